The van der Waals surface area contributed by atoms with Crippen LogP contribution in [-0.4, -0.2) is 11.7 Å². The van der Waals surface area contributed by atoms with E-state index in [0.29, 0.717) is 17.1 Å². The molecule has 7 N–H and O–H groups in total. The summed E-state index contributed by atoms with van der Waals surface area (Å²) >= 11 is 0. The van der Waals surface area contributed by atoms with E-state index in [-0.39, 0.29) is 6.61 Å². The summed E-state index contributed by atoms with van der Waals surface area (Å²) in [6.45, 7) is -0.00974. The van der Waals surface area contributed by atoms with Gasteiger partial charge < -0.3 is 22.3 Å². The molecule has 0 bridgehead atoms. The summed E-state index contributed by atoms with van der Waals surface area (Å²) in [5.41, 5.74) is 18.9. The highest BCUT2D eigenvalue weighted by atomic mass is 16.2. The van der Waals surface area contributed by atoms with Crippen LogP contribution in [0.1, 0.15) is 5.56 Å². The molecule has 0 fully saturated rings. The summed E-state index contributed by atoms with van der Waals surface area (Å²) < 4.78 is 0. The fourth-order valence-electron chi connectivity index (χ4n) is 1.01. The molecule has 0 amide bonds. The van der Waals surface area contributed by atoms with Crippen molar-refractivity contribution in [2.24, 2.45) is 0 Å². The lowest BCUT2D eigenvalue weighted by Crippen LogP contribution is -2.00. The van der Waals surface area contributed by atoms with E-state index >= 15 is 0 Å². The molecular formula is C9H13N3O. The topological polar surface area (TPSA) is 98.3 Å². The molecule has 4 nitrogen and oxygen atoms in total. The predicted molar refractivity (Wildman–Crippen MR) is 55.8 cm³/mol. The second-order valence-corrected chi connectivity index (χ2v) is 2.70. The van der Waals surface area contributed by atoms with E-state index in [2.05, 4.69) is 0 Å². The van der Waals surface area contributed by atoms with Gasteiger partial charge in [0.25, 0.3) is 0 Å². The normalized spacial score (nSPS) is 10.8. The van der Waals surface area contributed by atoms with E-state index < -0.39 is 0 Å². The average molecular weight is 179 g/mol. The van der Waals surface area contributed by atoms with E-state index in [9.17, 15) is 0 Å². The summed E-state index contributed by atoms with van der Waals surface area (Å²) in [5.74, 6) is 0. The molecule has 0 radical (unpaired) electrons. The Morgan fingerprint density at radius 3 is 2.15 bits per heavy atom. The molecule has 1 aromatic rings. The van der Waals surface area contributed by atoms with Gasteiger partial charge in [-0.15, -0.1) is 0 Å². The Morgan fingerprint density at radius 1 is 1.15 bits per heavy atom. The van der Waals surface area contributed by atoms with Crippen LogP contribution in [0.15, 0.2) is 18.2 Å². The van der Waals surface area contributed by atoms with Gasteiger partial charge in [-0.2, -0.15) is 0 Å². The first kappa shape index (κ1) is 9.41. The monoisotopic (exact) mass is 179 g/mol. The number of benzene rings is 1. The summed E-state index contributed by atoms with van der Waals surface area (Å²) in [6, 6.07) is 3.41. The highest BCUT2D eigenvalue weighted by Crippen LogP contribution is 2.24. The highest BCUT2D eigenvalue weighted by molar-refractivity contribution is 5.80. The molecule has 0 unspecified atom stereocenters. The van der Waals surface area contributed by atoms with Crippen LogP contribution in [0.2, 0.25) is 0 Å². The van der Waals surface area contributed by atoms with E-state index in [1.807, 2.05) is 0 Å². The Bertz CT molecular complexity index is 311. The minimum absolute atomic E-state index is 0.00974. The molecule has 0 saturated heterocycles. The van der Waals surface area contributed by atoms with Gasteiger partial charge in [0.05, 0.1) is 23.7 Å². The van der Waals surface area contributed by atoms with Crippen LogP contribution in [0.25, 0.3) is 6.08 Å². The zero-order chi connectivity index (χ0) is 9.84. The fourth-order valence-corrected chi connectivity index (χ4v) is 1.01. The van der Waals surface area contributed by atoms with E-state index in [0.717, 1.165) is 5.56 Å². The average Bonchev–Trinajstić information content (AvgIpc) is 2.10. The van der Waals surface area contributed by atoms with Crippen molar-refractivity contribution in [3.8, 4) is 0 Å². The van der Waals surface area contributed by atoms with Crippen LogP contribution in [0.4, 0.5) is 17.1 Å². The summed E-state index contributed by atoms with van der Waals surface area (Å²) in [7, 11) is 0. The van der Waals surface area contributed by atoms with Crippen molar-refractivity contribution >= 4 is 23.1 Å². The molecule has 0 aliphatic rings. The van der Waals surface area contributed by atoms with Crippen molar-refractivity contribution in [2.45, 2.75) is 0 Å². The van der Waals surface area contributed by atoms with Gasteiger partial charge >= 0.3 is 0 Å². The third-order valence-corrected chi connectivity index (χ3v) is 1.68. The van der Waals surface area contributed by atoms with Gasteiger partial charge in [-0.1, -0.05) is 12.2 Å². The third kappa shape index (κ3) is 2.13. The number of nitrogen functional groups attached to an aromatic ring is 3. The standard InChI is InChI=1S/C9H13N3O/c10-7-4-6(2-1-3-13)5-8(11)9(7)12/h1-2,4-5,13H,3,10-12H2/b2-1+. The number of hydrogen-bond acceptors (Lipinski definition) is 4. The first-order valence-corrected chi connectivity index (χ1v) is 3.87. The summed E-state index contributed by atoms with van der Waals surface area (Å²) in [4.78, 5) is 0. The molecule has 70 valence electrons. The number of rotatable bonds is 2. The maximum absolute atomic E-state index is 8.55. The Morgan fingerprint density at radius 2 is 1.69 bits per heavy atom. The Hall–Kier alpha value is -1.68. The van der Waals surface area contributed by atoms with Gasteiger partial charge in [0.15, 0.2) is 0 Å². The van der Waals surface area contributed by atoms with Crippen molar-refractivity contribution in [1.29, 1.82) is 0 Å². The number of hydrogen-bond donors (Lipinski definition) is 4. The number of aliphatic hydroxyl groups excluding tert-OH is 1. The van der Waals surface area contributed by atoms with Crippen molar-refractivity contribution in [3.05, 3.63) is 23.8 Å². The lowest BCUT2D eigenvalue weighted by Gasteiger charge is -2.05. The first-order chi connectivity index (χ1) is 6.15. The van der Waals surface area contributed by atoms with Crippen LogP contribution in [-0.2, 0) is 0 Å². The lowest BCUT2D eigenvalue weighted by atomic mass is 10.1. The third-order valence-electron chi connectivity index (χ3n) is 1.68. The maximum Gasteiger partial charge on any atom is 0.0781 e. The molecule has 4 heteroatoms. The van der Waals surface area contributed by atoms with Crippen LogP contribution >= 0.6 is 0 Å². The lowest BCUT2D eigenvalue weighted by molar-refractivity contribution is 0.343. The van der Waals surface area contributed by atoms with Gasteiger partial charge in [0, 0.05) is 0 Å². The second kappa shape index (κ2) is 3.82. The molecule has 1 aromatic carbocycles. The van der Waals surface area contributed by atoms with Crippen LogP contribution < -0.4 is 17.2 Å². The van der Waals surface area contributed by atoms with E-state index in [4.69, 9.17) is 22.3 Å². The first-order valence-electron chi connectivity index (χ1n) is 3.87. The molecule has 0 saturated carbocycles. The summed E-state index contributed by atoms with van der Waals surface area (Å²) in [6.07, 6.45) is 3.33. The molecule has 0 spiro atoms. The molecule has 0 aliphatic carbocycles. The van der Waals surface area contributed by atoms with Gasteiger partial charge in [0.2, 0.25) is 0 Å². The molecule has 0 heterocycles. The maximum atomic E-state index is 8.55. The van der Waals surface area contributed by atoms with Gasteiger partial charge in [0.1, 0.15) is 0 Å². The molecule has 0 aromatic heterocycles. The molecular weight excluding hydrogens is 166 g/mol. The van der Waals surface area contributed by atoms with Crippen molar-refractivity contribution < 1.29 is 5.11 Å². The van der Waals surface area contributed by atoms with E-state index in [1.54, 1.807) is 24.3 Å². The zero-order valence-corrected chi connectivity index (χ0v) is 7.20. The SMILES string of the molecule is Nc1cc(/C=C/CO)cc(N)c1N. The number of anilines is 3. The Balaban J connectivity index is 3.06. The number of aliphatic hydroxyl groups is 1. The largest absolute Gasteiger partial charge is 0.397 e. The predicted octanol–water partition coefficient (Wildman–Crippen LogP) is 0.439. The van der Waals surface area contributed by atoms with Crippen molar-refractivity contribution in [2.75, 3.05) is 23.8 Å². The van der Waals surface area contributed by atoms with Crippen LogP contribution in [0.5, 0.6) is 0 Å². The fraction of sp³-hybridized carbons (Fsp3) is 0.111. The number of nitrogens with two attached hydrogens (primary N) is 3. The van der Waals surface area contributed by atoms with Crippen molar-refractivity contribution in [1.82, 2.24) is 0 Å². The van der Waals surface area contributed by atoms with Crippen LogP contribution in [0, 0.1) is 0 Å². The minimum atomic E-state index is -0.00974. The molecule has 0 atom stereocenters. The Labute approximate surface area is 76.7 Å². The second-order valence-electron chi connectivity index (χ2n) is 2.70. The van der Waals surface area contributed by atoms with Crippen LogP contribution in [0.3, 0.4) is 0 Å². The van der Waals surface area contributed by atoms with Gasteiger partial charge in [-0.25, -0.2) is 0 Å². The quantitative estimate of drug-likeness (QED) is 0.495. The zero-order valence-electron chi connectivity index (χ0n) is 7.20. The molecule has 0 aliphatic heterocycles. The smallest absolute Gasteiger partial charge is 0.0781 e. The van der Waals surface area contributed by atoms with Crippen molar-refractivity contribution in [3.63, 3.8) is 0 Å². The molecule has 13 heavy (non-hydrogen) atoms. The minimum Gasteiger partial charge on any atom is -0.397 e. The summed E-state index contributed by atoms with van der Waals surface area (Å²) in [5, 5.41) is 8.55. The Kier molecular flexibility index (Phi) is 2.76. The van der Waals surface area contributed by atoms with E-state index in [1.165, 1.54) is 0 Å². The van der Waals surface area contributed by atoms with Gasteiger partial charge in [-0.3, -0.25) is 0 Å². The molecule has 1 rings (SSSR count). The highest BCUT2D eigenvalue weighted by Gasteiger charge is 2.00. The van der Waals surface area contributed by atoms with Gasteiger partial charge in [-0.05, 0) is 17.7 Å².